The summed E-state index contributed by atoms with van der Waals surface area (Å²) in [6, 6.07) is 4.96. The monoisotopic (exact) mass is 253 g/mol. The molecule has 0 aliphatic carbocycles. The molecule has 90 valence electrons. The second-order valence-corrected chi connectivity index (χ2v) is 5.48. The third-order valence-corrected chi connectivity index (χ3v) is 4.29. The van der Waals surface area contributed by atoms with E-state index in [1.54, 1.807) is 6.07 Å². The molecule has 1 unspecified atom stereocenters. The highest BCUT2D eigenvalue weighted by Crippen LogP contribution is 2.17. The summed E-state index contributed by atoms with van der Waals surface area (Å²) in [7, 11) is -3.57. The molecule has 1 aliphatic rings. The molecule has 1 aliphatic heterocycles. The summed E-state index contributed by atoms with van der Waals surface area (Å²) in [6.45, 7) is 0.556. The van der Waals surface area contributed by atoms with E-state index in [9.17, 15) is 8.42 Å². The first-order valence-corrected chi connectivity index (χ1v) is 6.50. The van der Waals surface area contributed by atoms with Crippen LogP contribution in [0.3, 0.4) is 0 Å². The van der Waals surface area contributed by atoms with Gasteiger partial charge in [0.05, 0.1) is 19.2 Å². The van der Waals surface area contributed by atoms with E-state index in [-0.39, 0.29) is 24.6 Å². The maximum atomic E-state index is 12.2. The van der Waals surface area contributed by atoms with E-state index in [1.165, 1.54) is 22.8 Å². The minimum absolute atomic E-state index is 0.0632. The minimum atomic E-state index is -3.57. The van der Waals surface area contributed by atoms with Crippen molar-refractivity contribution in [2.45, 2.75) is 11.0 Å². The summed E-state index contributed by atoms with van der Waals surface area (Å²) < 4.78 is 30.7. The standard InChI is InChI=1S/C10H11N3O3S/c11-6-9-8-13(4-5-16-9)17(14,15)10-2-1-3-12-7-10/h1-3,7,9H,4-5,8H2. The second kappa shape index (κ2) is 4.79. The molecule has 1 saturated heterocycles. The van der Waals surface area contributed by atoms with E-state index in [2.05, 4.69) is 4.98 Å². The first-order valence-electron chi connectivity index (χ1n) is 5.06. The van der Waals surface area contributed by atoms with Crippen LogP contribution in [-0.2, 0) is 14.8 Å². The lowest BCUT2D eigenvalue weighted by Crippen LogP contribution is -2.45. The van der Waals surface area contributed by atoms with Crippen molar-refractivity contribution in [3.8, 4) is 6.07 Å². The van der Waals surface area contributed by atoms with Gasteiger partial charge in [0.2, 0.25) is 10.0 Å². The maximum Gasteiger partial charge on any atom is 0.244 e. The van der Waals surface area contributed by atoms with Gasteiger partial charge in [-0.15, -0.1) is 0 Å². The van der Waals surface area contributed by atoms with Gasteiger partial charge in [0.15, 0.2) is 6.10 Å². The highest BCUT2D eigenvalue weighted by Gasteiger charge is 2.30. The van der Waals surface area contributed by atoms with Crippen LogP contribution in [-0.4, -0.2) is 43.5 Å². The summed E-state index contributed by atoms with van der Waals surface area (Å²) in [5.41, 5.74) is 0. The molecule has 1 aromatic rings. The van der Waals surface area contributed by atoms with Crippen LogP contribution in [0.5, 0.6) is 0 Å². The van der Waals surface area contributed by atoms with Gasteiger partial charge >= 0.3 is 0 Å². The van der Waals surface area contributed by atoms with E-state index in [0.717, 1.165) is 0 Å². The Morgan fingerprint density at radius 1 is 1.59 bits per heavy atom. The number of rotatable bonds is 2. The van der Waals surface area contributed by atoms with Crippen LogP contribution < -0.4 is 0 Å². The number of sulfonamides is 1. The second-order valence-electron chi connectivity index (χ2n) is 3.54. The number of morpholine rings is 1. The number of hydrogen-bond acceptors (Lipinski definition) is 5. The molecule has 1 fully saturated rings. The molecule has 2 heterocycles. The van der Waals surface area contributed by atoms with Crippen molar-refractivity contribution >= 4 is 10.0 Å². The lowest BCUT2D eigenvalue weighted by molar-refractivity contribution is 0.0311. The lowest BCUT2D eigenvalue weighted by Gasteiger charge is -2.28. The Hall–Kier alpha value is -1.49. The van der Waals surface area contributed by atoms with Crippen LogP contribution in [0.1, 0.15) is 0 Å². The summed E-state index contributed by atoms with van der Waals surface area (Å²) >= 11 is 0. The van der Waals surface area contributed by atoms with E-state index < -0.39 is 16.1 Å². The molecule has 0 amide bonds. The Balaban J connectivity index is 2.25. The van der Waals surface area contributed by atoms with Crippen molar-refractivity contribution in [1.82, 2.24) is 9.29 Å². The summed E-state index contributed by atoms with van der Waals surface area (Å²) in [5.74, 6) is 0. The van der Waals surface area contributed by atoms with Crippen LogP contribution in [0.15, 0.2) is 29.4 Å². The topological polar surface area (TPSA) is 83.3 Å². The smallest absolute Gasteiger partial charge is 0.244 e. The van der Waals surface area contributed by atoms with Gasteiger partial charge in [-0.1, -0.05) is 0 Å². The van der Waals surface area contributed by atoms with Crippen LogP contribution in [0.2, 0.25) is 0 Å². The van der Waals surface area contributed by atoms with Crippen LogP contribution in [0, 0.1) is 11.3 Å². The first-order chi connectivity index (χ1) is 8.14. The predicted octanol–water partition coefficient (Wildman–Crippen LogP) is -0.00532. The van der Waals surface area contributed by atoms with Crippen molar-refractivity contribution in [1.29, 1.82) is 5.26 Å². The Morgan fingerprint density at radius 3 is 3.06 bits per heavy atom. The van der Waals surface area contributed by atoms with Crippen molar-refractivity contribution in [2.75, 3.05) is 19.7 Å². The highest BCUT2D eigenvalue weighted by molar-refractivity contribution is 7.89. The fraction of sp³-hybridized carbons (Fsp3) is 0.400. The molecule has 0 saturated carbocycles. The van der Waals surface area contributed by atoms with E-state index >= 15 is 0 Å². The Bertz CT molecular complexity index is 523. The van der Waals surface area contributed by atoms with Gasteiger partial charge in [-0.25, -0.2) is 8.42 Å². The average molecular weight is 253 g/mol. The number of ether oxygens (including phenoxy) is 1. The van der Waals surface area contributed by atoms with E-state index in [4.69, 9.17) is 10.00 Å². The zero-order valence-electron chi connectivity index (χ0n) is 8.98. The molecular formula is C10H11N3O3S. The quantitative estimate of drug-likeness (QED) is 0.740. The van der Waals surface area contributed by atoms with Gasteiger partial charge in [-0.2, -0.15) is 9.57 Å². The lowest BCUT2D eigenvalue weighted by atomic mass is 10.3. The van der Waals surface area contributed by atoms with Gasteiger partial charge in [0.25, 0.3) is 0 Å². The fourth-order valence-electron chi connectivity index (χ4n) is 1.57. The largest absolute Gasteiger partial charge is 0.361 e. The molecule has 0 radical (unpaired) electrons. The molecule has 0 aromatic carbocycles. The zero-order chi connectivity index (χ0) is 12.3. The summed E-state index contributed by atoms with van der Waals surface area (Å²) in [6.07, 6.45) is 2.11. The number of aromatic nitrogens is 1. The first kappa shape index (κ1) is 12.0. The number of hydrogen-bond donors (Lipinski definition) is 0. The van der Waals surface area contributed by atoms with Crippen molar-refractivity contribution in [3.63, 3.8) is 0 Å². The highest BCUT2D eigenvalue weighted by atomic mass is 32.2. The van der Waals surface area contributed by atoms with Crippen LogP contribution in [0.4, 0.5) is 0 Å². The van der Waals surface area contributed by atoms with Crippen LogP contribution in [0.25, 0.3) is 0 Å². The van der Waals surface area contributed by atoms with Gasteiger partial charge in [-0.05, 0) is 12.1 Å². The Morgan fingerprint density at radius 2 is 2.41 bits per heavy atom. The molecule has 1 aromatic heterocycles. The van der Waals surface area contributed by atoms with Gasteiger partial charge in [-0.3, -0.25) is 4.98 Å². The molecule has 0 spiro atoms. The average Bonchev–Trinajstić information content (AvgIpc) is 2.40. The fourth-order valence-corrected chi connectivity index (χ4v) is 2.96. The van der Waals surface area contributed by atoms with Crippen molar-refractivity contribution in [3.05, 3.63) is 24.5 Å². The third-order valence-electron chi connectivity index (χ3n) is 2.45. The maximum absolute atomic E-state index is 12.2. The molecule has 17 heavy (non-hydrogen) atoms. The molecular weight excluding hydrogens is 242 g/mol. The van der Waals surface area contributed by atoms with Crippen molar-refractivity contribution in [2.24, 2.45) is 0 Å². The molecule has 7 heteroatoms. The normalized spacial score (nSPS) is 21.9. The van der Waals surface area contributed by atoms with E-state index in [0.29, 0.717) is 0 Å². The van der Waals surface area contributed by atoms with Gasteiger partial charge < -0.3 is 4.74 Å². The third kappa shape index (κ3) is 2.44. The molecule has 6 nitrogen and oxygen atoms in total. The van der Waals surface area contributed by atoms with Crippen LogP contribution >= 0.6 is 0 Å². The minimum Gasteiger partial charge on any atom is -0.361 e. The molecule has 0 N–H and O–H groups in total. The number of pyridine rings is 1. The Labute approximate surface area is 99.5 Å². The summed E-state index contributed by atoms with van der Waals surface area (Å²) in [5, 5.41) is 8.74. The number of nitriles is 1. The molecule has 1 atom stereocenters. The number of nitrogens with zero attached hydrogens (tertiary/aromatic N) is 3. The van der Waals surface area contributed by atoms with Gasteiger partial charge in [0.1, 0.15) is 4.90 Å². The zero-order valence-corrected chi connectivity index (χ0v) is 9.80. The summed E-state index contributed by atoms with van der Waals surface area (Å²) in [4.78, 5) is 3.92. The van der Waals surface area contributed by atoms with E-state index in [1.807, 2.05) is 6.07 Å². The molecule has 2 rings (SSSR count). The van der Waals surface area contributed by atoms with Crippen molar-refractivity contribution < 1.29 is 13.2 Å². The Kier molecular flexibility index (Phi) is 3.38. The predicted molar refractivity (Wildman–Crippen MR) is 58.3 cm³/mol. The SMILES string of the molecule is N#CC1CN(S(=O)(=O)c2cccnc2)CCO1. The van der Waals surface area contributed by atoms with Gasteiger partial charge in [0, 0.05) is 18.9 Å². The molecule has 0 bridgehead atoms.